The first-order valence-corrected chi connectivity index (χ1v) is 6.37. The van der Waals surface area contributed by atoms with Gasteiger partial charge in [-0.05, 0) is 11.6 Å². The van der Waals surface area contributed by atoms with E-state index in [1.165, 1.54) is 11.1 Å². The number of Topliss-reactive ketones (excluding diaryl/α,β-unsaturated/α-hetero) is 1. The molecule has 0 bridgehead atoms. The zero-order chi connectivity index (χ0) is 11.7. The number of ketones is 1. The zero-order valence-electron chi connectivity index (χ0n) is 9.04. The average Bonchev–Trinajstić information content (AvgIpc) is 2.83. The van der Waals surface area contributed by atoms with Crippen molar-refractivity contribution in [2.75, 3.05) is 5.75 Å². The van der Waals surface area contributed by atoms with Crippen molar-refractivity contribution in [2.24, 2.45) is 0 Å². The molecule has 2 heterocycles. The van der Waals surface area contributed by atoms with Crippen LogP contribution in [-0.2, 0) is 0 Å². The van der Waals surface area contributed by atoms with Crippen LogP contribution < -0.4 is 0 Å². The number of nitrogens with zero attached hydrogens (tertiary/aromatic N) is 2. The van der Waals surface area contributed by atoms with Crippen molar-refractivity contribution < 1.29 is 4.79 Å². The Kier molecular flexibility index (Phi) is 2.65. The molecular weight excluding hydrogens is 232 g/mol. The van der Waals surface area contributed by atoms with Crippen LogP contribution in [0.15, 0.2) is 47.8 Å². The topological polar surface area (TPSA) is 42.9 Å². The second-order valence-corrected chi connectivity index (χ2v) is 4.92. The van der Waals surface area contributed by atoms with Gasteiger partial charge in [-0.1, -0.05) is 18.2 Å². The first-order chi connectivity index (χ1) is 8.36. The molecule has 3 nitrogen and oxygen atoms in total. The smallest absolute Gasteiger partial charge is 0.191 e. The standard InChI is InChI=1S/C13H10N2OS/c16-13(11-7-14-5-6-15-11)10-8-17-12-4-2-1-3-9(10)12/h1-7,10H,8H2. The third kappa shape index (κ3) is 1.85. The van der Waals surface area contributed by atoms with Gasteiger partial charge in [-0.25, -0.2) is 4.98 Å². The average molecular weight is 242 g/mol. The van der Waals surface area contributed by atoms with Gasteiger partial charge in [0.15, 0.2) is 5.78 Å². The monoisotopic (exact) mass is 242 g/mol. The van der Waals surface area contributed by atoms with Crippen LogP contribution in [-0.4, -0.2) is 21.5 Å². The van der Waals surface area contributed by atoms with Crippen LogP contribution in [0.1, 0.15) is 22.0 Å². The minimum atomic E-state index is -0.0760. The number of benzene rings is 1. The van der Waals surface area contributed by atoms with E-state index in [1.54, 1.807) is 24.2 Å². The minimum absolute atomic E-state index is 0.0653. The van der Waals surface area contributed by atoms with Crippen LogP contribution in [0, 0.1) is 0 Å². The van der Waals surface area contributed by atoms with Gasteiger partial charge in [0.25, 0.3) is 0 Å². The Balaban J connectivity index is 1.95. The van der Waals surface area contributed by atoms with E-state index in [1.807, 2.05) is 18.2 Å². The Labute approximate surface area is 103 Å². The first-order valence-electron chi connectivity index (χ1n) is 5.38. The third-order valence-corrected chi connectivity index (χ3v) is 4.01. The highest BCUT2D eigenvalue weighted by Gasteiger charge is 2.30. The van der Waals surface area contributed by atoms with E-state index in [4.69, 9.17) is 0 Å². The maximum atomic E-state index is 12.3. The molecule has 1 aliphatic heterocycles. The summed E-state index contributed by atoms with van der Waals surface area (Å²) in [6.07, 6.45) is 4.67. The molecule has 0 saturated carbocycles. The number of fused-ring (bicyclic) bond motifs is 1. The molecule has 84 valence electrons. The Morgan fingerprint density at radius 1 is 1.29 bits per heavy atom. The van der Waals surface area contributed by atoms with Gasteiger partial charge in [-0.2, -0.15) is 0 Å². The van der Waals surface area contributed by atoms with Crippen LogP contribution in [0.25, 0.3) is 0 Å². The summed E-state index contributed by atoms with van der Waals surface area (Å²) in [4.78, 5) is 21.5. The summed E-state index contributed by atoms with van der Waals surface area (Å²) >= 11 is 1.73. The summed E-state index contributed by atoms with van der Waals surface area (Å²) in [5.41, 5.74) is 1.57. The molecule has 0 N–H and O–H groups in total. The van der Waals surface area contributed by atoms with Gasteiger partial charge in [0.2, 0.25) is 0 Å². The lowest BCUT2D eigenvalue weighted by atomic mass is 9.95. The lowest BCUT2D eigenvalue weighted by Crippen LogP contribution is -2.14. The highest BCUT2D eigenvalue weighted by atomic mass is 32.2. The normalized spacial score (nSPS) is 17.8. The van der Waals surface area contributed by atoms with Gasteiger partial charge in [0.05, 0.1) is 12.1 Å². The van der Waals surface area contributed by atoms with Crippen LogP contribution in [0.4, 0.5) is 0 Å². The van der Waals surface area contributed by atoms with Crippen molar-refractivity contribution in [3.05, 3.63) is 54.1 Å². The number of carbonyl (C=O) groups excluding carboxylic acids is 1. The fourth-order valence-corrected chi connectivity index (χ4v) is 3.21. The van der Waals surface area contributed by atoms with Crippen molar-refractivity contribution in [2.45, 2.75) is 10.8 Å². The number of rotatable bonds is 2. The van der Waals surface area contributed by atoms with E-state index in [0.29, 0.717) is 5.69 Å². The summed E-state index contributed by atoms with van der Waals surface area (Å²) in [6, 6.07) is 8.06. The molecule has 0 saturated heterocycles. The van der Waals surface area contributed by atoms with Crippen molar-refractivity contribution in [3.63, 3.8) is 0 Å². The van der Waals surface area contributed by atoms with Crippen LogP contribution >= 0.6 is 11.8 Å². The van der Waals surface area contributed by atoms with Crippen molar-refractivity contribution in [1.82, 2.24) is 9.97 Å². The lowest BCUT2D eigenvalue weighted by Gasteiger charge is -2.08. The maximum Gasteiger partial charge on any atom is 0.191 e. The summed E-state index contributed by atoms with van der Waals surface area (Å²) in [5, 5.41) is 0. The van der Waals surface area contributed by atoms with Crippen LogP contribution in [0.3, 0.4) is 0 Å². The Morgan fingerprint density at radius 2 is 2.18 bits per heavy atom. The van der Waals surface area contributed by atoms with Gasteiger partial charge in [0.1, 0.15) is 5.69 Å². The Bertz CT molecular complexity index is 556. The summed E-state index contributed by atoms with van der Waals surface area (Å²) in [6.45, 7) is 0. The van der Waals surface area contributed by atoms with Crippen molar-refractivity contribution in [1.29, 1.82) is 0 Å². The predicted molar refractivity (Wildman–Crippen MR) is 66.3 cm³/mol. The van der Waals surface area contributed by atoms with E-state index >= 15 is 0 Å². The van der Waals surface area contributed by atoms with Gasteiger partial charge in [-0.15, -0.1) is 11.8 Å². The lowest BCUT2D eigenvalue weighted by molar-refractivity contribution is 0.0963. The zero-order valence-corrected chi connectivity index (χ0v) is 9.85. The Hall–Kier alpha value is -1.68. The van der Waals surface area contributed by atoms with E-state index in [-0.39, 0.29) is 11.7 Å². The molecule has 1 aliphatic rings. The summed E-state index contributed by atoms with van der Waals surface area (Å²) in [7, 11) is 0. The van der Waals surface area contributed by atoms with Crippen LogP contribution in [0.5, 0.6) is 0 Å². The molecule has 17 heavy (non-hydrogen) atoms. The van der Waals surface area contributed by atoms with E-state index in [0.717, 1.165) is 11.3 Å². The SMILES string of the molecule is O=C(c1cnccn1)C1CSc2ccccc21. The third-order valence-electron chi connectivity index (χ3n) is 2.83. The molecule has 0 radical (unpaired) electrons. The van der Waals surface area contributed by atoms with E-state index in [9.17, 15) is 4.79 Å². The van der Waals surface area contributed by atoms with Crippen molar-refractivity contribution >= 4 is 17.5 Å². The molecule has 1 unspecified atom stereocenters. The van der Waals surface area contributed by atoms with Gasteiger partial charge in [-0.3, -0.25) is 9.78 Å². The number of carbonyl (C=O) groups is 1. The molecule has 1 atom stereocenters. The number of hydrogen-bond acceptors (Lipinski definition) is 4. The second kappa shape index (κ2) is 4.30. The largest absolute Gasteiger partial charge is 0.292 e. The number of aromatic nitrogens is 2. The predicted octanol–water partition coefficient (Wildman–Crippen LogP) is 2.55. The molecule has 3 rings (SSSR count). The van der Waals surface area contributed by atoms with Gasteiger partial charge >= 0.3 is 0 Å². The quantitative estimate of drug-likeness (QED) is 0.759. The first kappa shape index (κ1) is 10.5. The van der Waals surface area contributed by atoms with Crippen molar-refractivity contribution in [3.8, 4) is 0 Å². The molecule has 1 aromatic carbocycles. The molecule has 1 aromatic heterocycles. The highest BCUT2D eigenvalue weighted by molar-refractivity contribution is 7.99. The molecule has 2 aromatic rings. The highest BCUT2D eigenvalue weighted by Crippen LogP contribution is 2.40. The molecule has 0 fully saturated rings. The van der Waals surface area contributed by atoms with Gasteiger partial charge in [0, 0.05) is 23.0 Å². The second-order valence-electron chi connectivity index (χ2n) is 3.86. The summed E-state index contributed by atoms with van der Waals surface area (Å²) in [5.74, 6) is 0.790. The fourth-order valence-electron chi connectivity index (χ4n) is 1.98. The van der Waals surface area contributed by atoms with Crippen LogP contribution in [0.2, 0.25) is 0 Å². The molecular formula is C13H10N2OS. The number of thioether (sulfide) groups is 1. The Morgan fingerprint density at radius 3 is 3.00 bits per heavy atom. The van der Waals surface area contributed by atoms with E-state index in [2.05, 4.69) is 16.0 Å². The van der Waals surface area contributed by atoms with E-state index < -0.39 is 0 Å². The molecule has 4 heteroatoms. The fraction of sp³-hybridized carbons (Fsp3) is 0.154. The minimum Gasteiger partial charge on any atom is -0.292 e. The molecule has 0 amide bonds. The molecule has 0 spiro atoms. The number of hydrogen-bond donors (Lipinski definition) is 0. The summed E-state index contributed by atoms with van der Waals surface area (Å²) < 4.78 is 0. The maximum absolute atomic E-state index is 12.3. The molecule has 0 aliphatic carbocycles. The van der Waals surface area contributed by atoms with Gasteiger partial charge < -0.3 is 0 Å².